The van der Waals surface area contributed by atoms with Gasteiger partial charge in [0.1, 0.15) is 5.82 Å². The molecule has 0 bridgehead atoms. The number of sulfone groups is 1. The quantitative estimate of drug-likeness (QED) is 0.741. The molecule has 3 nitrogen and oxygen atoms in total. The van der Waals surface area contributed by atoms with Gasteiger partial charge in [0.05, 0.1) is 11.5 Å². The maximum atomic E-state index is 12.9. The number of anilines is 1. The van der Waals surface area contributed by atoms with Crippen molar-refractivity contribution in [1.29, 1.82) is 0 Å². The van der Waals surface area contributed by atoms with Crippen molar-refractivity contribution in [2.24, 2.45) is 0 Å². The zero-order chi connectivity index (χ0) is 13.4. The van der Waals surface area contributed by atoms with Gasteiger partial charge in [0, 0.05) is 12.2 Å². The molecule has 5 heteroatoms. The van der Waals surface area contributed by atoms with E-state index in [-0.39, 0.29) is 17.3 Å². The molecule has 0 aromatic heterocycles. The summed E-state index contributed by atoms with van der Waals surface area (Å²) in [7, 11) is -2.99. The lowest BCUT2D eigenvalue weighted by molar-refractivity contribution is 0.591. The number of halogens is 1. The van der Waals surface area contributed by atoms with Crippen molar-refractivity contribution in [2.75, 3.05) is 23.4 Å². The van der Waals surface area contributed by atoms with Crippen LogP contribution in [0.1, 0.15) is 26.2 Å². The highest BCUT2D eigenvalue weighted by Crippen LogP contribution is 2.09. The highest BCUT2D eigenvalue weighted by atomic mass is 32.2. The van der Waals surface area contributed by atoms with Crippen LogP contribution in [0.2, 0.25) is 0 Å². The van der Waals surface area contributed by atoms with Crippen molar-refractivity contribution in [2.45, 2.75) is 26.2 Å². The summed E-state index contributed by atoms with van der Waals surface area (Å²) in [5.41, 5.74) is 0.610. The SMILES string of the molecule is CCCCCS(=O)(=O)CCNc1cccc(F)c1. The van der Waals surface area contributed by atoms with Gasteiger partial charge in [-0.05, 0) is 24.6 Å². The molecule has 0 heterocycles. The van der Waals surface area contributed by atoms with Crippen LogP contribution in [-0.2, 0) is 9.84 Å². The summed E-state index contributed by atoms with van der Waals surface area (Å²) in [6.45, 7) is 2.36. The fourth-order valence-corrected chi connectivity index (χ4v) is 2.88. The van der Waals surface area contributed by atoms with Crippen LogP contribution in [0.25, 0.3) is 0 Å². The van der Waals surface area contributed by atoms with Crippen molar-refractivity contribution in [3.63, 3.8) is 0 Å². The first kappa shape index (κ1) is 15.0. The van der Waals surface area contributed by atoms with E-state index in [0.717, 1.165) is 19.3 Å². The standard InChI is InChI=1S/C13H20FNO2S/c1-2-3-4-9-18(16,17)10-8-15-13-7-5-6-12(14)11-13/h5-7,11,15H,2-4,8-10H2,1H3. The van der Waals surface area contributed by atoms with Gasteiger partial charge in [-0.2, -0.15) is 0 Å². The number of rotatable bonds is 8. The second-order valence-corrected chi connectivity index (χ2v) is 6.60. The van der Waals surface area contributed by atoms with Crippen molar-refractivity contribution in [1.82, 2.24) is 0 Å². The third kappa shape index (κ3) is 6.00. The minimum absolute atomic E-state index is 0.0905. The van der Waals surface area contributed by atoms with E-state index in [2.05, 4.69) is 5.32 Å². The number of unbranched alkanes of at least 4 members (excludes halogenated alkanes) is 2. The molecular formula is C13H20FNO2S. The molecule has 0 spiro atoms. The average molecular weight is 273 g/mol. The number of hydrogen-bond donors (Lipinski definition) is 1. The van der Waals surface area contributed by atoms with Gasteiger partial charge in [0.25, 0.3) is 0 Å². The summed E-state index contributed by atoms with van der Waals surface area (Å²) in [6.07, 6.45) is 2.67. The predicted molar refractivity (Wildman–Crippen MR) is 73.1 cm³/mol. The maximum Gasteiger partial charge on any atom is 0.152 e. The van der Waals surface area contributed by atoms with Gasteiger partial charge >= 0.3 is 0 Å². The lowest BCUT2D eigenvalue weighted by Crippen LogP contribution is -2.18. The Morgan fingerprint density at radius 2 is 2.00 bits per heavy atom. The Bertz CT molecular complexity index is 460. The van der Waals surface area contributed by atoms with Crippen LogP contribution in [0.5, 0.6) is 0 Å². The second kappa shape index (κ2) is 7.36. The zero-order valence-corrected chi connectivity index (χ0v) is 11.5. The third-order valence-corrected chi connectivity index (χ3v) is 4.36. The molecule has 1 rings (SSSR count). The minimum Gasteiger partial charge on any atom is -0.384 e. The zero-order valence-electron chi connectivity index (χ0n) is 10.7. The Labute approximate surface area is 108 Å². The third-order valence-electron chi connectivity index (χ3n) is 2.63. The molecule has 0 unspecified atom stereocenters. The molecule has 0 aliphatic rings. The largest absolute Gasteiger partial charge is 0.384 e. The van der Waals surface area contributed by atoms with E-state index >= 15 is 0 Å². The Morgan fingerprint density at radius 1 is 1.22 bits per heavy atom. The fourth-order valence-electron chi connectivity index (χ4n) is 1.62. The van der Waals surface area contributed by atoms with Gasteiger partial charge in [-0.3, -0.25) is 0 Å². The van der Waals surface area contributed by atoms with E-state index in [1.165, 1.54) is 12.1 Å². The van der Waals surface area contributed by atoms with E-state index in [1.54, 1.807) is 12.1 Å². The molecule has 0 aliphatic heterocycles. The van der Waals surface area contributed by atoms with Gasteiger partial charge in [0.15, 0.2) is 9.84 Å². The van der Waals surface area contributed by atoms with Crippen molar-refractivity contribution in [3.8, 4) is 0 Å². The topological polar surface area (TPSA) is 46.2 Å². The van der Waals surface area contributed by atoms with E-state index in [1.807, 2.05) is 6.92 Å². The molecule has 0 atom stereocenters. The Kier molecular flexibility index (Phi) is 6.12. The minimum atomic E-state index is -2.99. The highest BCUT2D eigenvalue weighted by molar-refractivity contribution is 7.91. The first-order valence-corrected chi connectivity index (χ1v) is 8.05. The monoisotopic (exact) mass is 273 g/mol. The predicted octanol–water partition coefficient (Wildman–Crippen LogP) is 2.84. The van der Waals surface area contributed by atoms with E-state index in [9.17, 15) is 12.8 Å². The molecule has 0 radical (unpaired) electrons. The molecule has 0 saturated heterocycles. The van der Waals surface area contributed by atoms with E-state index < -0.39 is 9.84 Å². The Morgan fingerprint density at radius 3 is 2.67 bits per heavy atom. The van der Waals surface area contributed by atoms with Crippen molar-refractivity contribution < 1.29 is 12.8 Å². The maximum absolute atomic E-state index is 12.9. The summed E-state index contributed by atoms with van der Waals surface area (Å²) in [5, 5.41) is 2.91. The smallest absolute Gasteiger partial charge is 0.152 e. The summed E-state index contributed by atoms with van der Waals surface area (Å²) in [6, 6.07) is 6.01. The molecule has 0 fully saturated rings. The number of benzene rings is 1. The normalized spacial score (nSPS) is 11.4. The fraction of sp³-hybridized carbons (Fsp3) is 0.538. The highest BCUT2D eigenvalue weighted by Gasteiger charge is 2.09. The van der Waals surface area contributed by atoms with Crippen LogP contribution in [0, 0.1) is 5.82 Å². The van der Waals surface area contributed by atoms with Crippen LogP contribution in [0.15, 0.2) is 24.3 Å². The Hall–Kier alpha value is -1.10. The number of nitrogens with one attached hydrogen (secondary N) is 1. The summed E-state index contributed by atoms with van der Waals surface area (Å²) in [4.78, 5) is 0. The summed E-state index contributed by atoms with van der Waals surface area (Å²) >= 11 is 0. The molecule has 1 aromatic rings. The lowest BCUT2D eigenvalue weighted by Gasteiger charge is -2.07. The first-order valence-electron chi connectivity index (χ1n) is 6.23. The Balaban J connectivity index is 2.32. The molecule has 0 aliphatic carbocycles. The van der Waals surface area contributed by atoms with Crippen LogP contribution in [-0.4, -0.2) is 26.5 Å². The van der Waals surface area contributed by atoms with Gasteiger partial charge in [0.2, 0.25) is 0 Å². The molecule has 1 aromatic carbocycles. The molecule has 102 valence electrons. The summed E-state index contributed by atoms with van der Waals surface area (Å²) in [5.74, 6) is 0.00428. The van der Waals surface area contributed by atoms with Crippen LogP contribution < -0.4 is 5.32 Å². The molecule has 0 saturated carbocycles. The second-order valence-electron chi connectivity index (χ2n) is 4.30. The molecule has 1 N–H and O–H groups in total. The van der Waals surface area contributed by atoms with E-state index in [4.69, 9.17) is 0 Å². The van der Waals surface area contributed by atoms with Crippen molar-refractivity contribution in [3.05, 3.63) is 30.1 Å². The van der Waals surface area contributed by atoms with Crippen LogP contribution in [0.3, 0.4) is 0 Å². The van der Waals surface area contributed by atoms with Gasteiger partial charge in [-0.15, -0.1) is 0 Å². The van der Waals surface area contributed by atoms with Gasteiger partial charge in [-0.25, -0.2) is 12.8 Å². The van der Waals surface area contributed by atoms with Gasteiger partial charge < -0.3 is 5.32 Å². The first-order chi connectivity index (χ1) is 8.53. The van der Waals surface area contributed by atoms with Crippen molar-refractivity contribution >= 4 is 15.5 Å². The van der Waals surface area contributed by atoms with Gasteiger partial charge in [-0.1, -0.05) is 25.8 Å². The molecule has 0 amide bonds. The van der Waals surface area contributed by atoms with Crippen LogP contribution >= 0.6 is 0 Å². The number of hydrogen-bond acceptors (Lipinski definition) is 3. The molecular weight excluding hydrogens is 253 g/mol. The molecule has 18 heavy (non-hydrogen) atoms. The average Bonchev–Trinajstić information content (AvgIpc) is 2.29. The van der Waals surface area contributed by atoms with E-state index in [0.29, 0.717) is 12.2 Å². The van der Waals surface area contributed by atoms with Crippen LogP contribution in [0.4, 0.5) is 10.1 Å². The lowest BCUT2D eigenvalue weighted by atomic mass is 10.3. The summed E-state index contributed by atoms with van der Waals surface area (Å²) < 4.78 is 36.2.